The highest BCUT2D eigenvalue weighted by Crippen LogP contribution is 2.39. The van der Waals surface area contributed by atoms with Crippen LogP contribution < -0.4 is 11.1 Å². The van der Waals surface area contributed by atoms with Crippen LogP contribution in [0.15, 0.2) is 41.6 Å². The standard InChI is InChI=1S/C18H21N3O5S/c1-10(22)26-8-12-9-27-17-13(7-21(17)15(12)18(24)25)20-16(23)14(19)11-5-3-2-4-6-11/h2-6,13-14,17H,7-9,19H2,1H3,(H,20,23)(H,24,25)/t13?,14-,17?/m1/s1. The number of aliphatic carboxylic acids is 1. The first-order valence-electron chi connectivity index (χ1n) is 8.46. The lowest BCUT2D eigenvalue weighted by molar-refractivity contribution is -0.141. The second kappa shape index (κ2) is 8.01. The van der Waals surface area contributed by atoms with E-state index >= 15 is 0 Å². The van der Waals surface area contributed by atoms with Crippen molar-refractivity contribution >= 4 is 29.6 Å². The second-order valence-corrected chi connectivity index (χ2v) is 7.50. The predicted molar refractivity (Wildman–Crippen MR) is 99.5 cm³/mol. The zero-order valence-electron chi connectivity index (χ0n) is 14.8. The molecule has 1 saturated heterocycles. The van der Waals surface area contributed by atoms with E-state index in [1.54, 1.807) is 17.0 Å². The number of fused-ring (bicyclic) bond motifs is 1. The van der Waals surface area contributed by atoms with Crippen LogP contribution in [0, 0.1) is 0 Å². The third kappa shape index (κ3) is 4.09. The summed E-state index contributed by atoms with van der Waals surface area (Å²) in [6, 6.07) is 8.10. The van der Waals surface area contributed by atoms with Crippen molar-refractivity contribution in [3.8, 4) is 0 Å². The van der Waals surface area contributed by atoms with Gasteiger partial charge >= 0.3 is 11.9 Å². The van der Waals surface area contributed by atoms with Crippen molar-refractivity contribution in [2.75, 3.05) is 18.9 Å². The molecule has 3 rings (SSSR count). The fourth-order valence-corrected chi connectivity index (χ4v) is 4.49. The van der Waals surface area contributed by atoms with Crippen LogP contribution in [0.4, 0.5) is 0 Å². The summed E-state index contributed by atoms with van der Waals surface area (Å²) in [5.74, 6) is -1.39. The van der Waals surface area contributed by atoms with Gasteiger partial charge in [0.15, 0.2) is 0 Å². The van der Waals surface area contributed by atoms with Crippen LogP contribution in [0.2, 0.25) is 0 Å². The van der Waals surface area contributed by atoms with Crippen molar-refractivity contribution in [1.82, 2.24) is 10.2 Å². The average Bonchev–Trinajstić information content (AvgIpc) is 2.63. The molecule has 2 aliphatic rings. The molecule has 2 heterocycles. The summed E-state index contributed by atoms with van der Waals surface area (Å²) in [5, 5.41) is 12.3. The zero-order chi connectivity index (χ0) is 19.6. The number of ether oxygens (including phenoxy) is 1. The van der Waals surface area contributed by atoms with E-state index in [9.17, 15) is 19.5 Å². The number of carboxylic acids is 1. The molecule has 4 N–H and O–H groups in total. The molecule has 144 valence electrons. The third-order valence-electron chi connectivity index (χ3n) is 4.52. The Hall–Kier alpha value is -2.52. The number of carboxylic acid groups (broad SMARTS) is 1. The van der Waals surface area contributed by atoms with E-state index in [4.69, 9.17) is 10.5 Å². The molecule has 1 aromatic carbocycles. The molecule has 0 radical (unpaired) electrons. The molecule has 0 aromatic heterocycles. The molecule has 3 atom stereocenters. The number of carbonyl (C=O) groups excluding carboxylic acids is 2. The normalized spacial score (nSPS) is 22.4. The van der Waals surface area contributed by atoms with Crippen molar-refractivity contribution in [2.24, 2.45) is 5.73 Å². The molecule has 1 aromatic rings. The minimum Gasteiger partial charge on any atom is -0.477 e. The summed E-state index contributed by atoms with van der Waals surface area (Å²) >= 11 is 1.51. The number of nitrogens with two attached hydrogens (primary N) is 1. The van der Waals surface area contributed by atoms with Gasteiger partial charge in [0, 0.05) is 24.8 Å². The number of hydrogen-bond acceptors (Lipinski definition) is 7. The van der Waals surface area contributed by atoms with Gasteiger partial charge in [-0.2, -0.15) is 0 Å². The molecule has 0 aliphatic carbocycles. The maximum absolute atomic E-state index is 12.4. The van der Waals surface area contributed by atoms with E-state index in [1.807, 2.05) is 18.2 Å². The third-order valence-corrected chi connectivity index (χ3v) is 5.96. The van der Waals surface area contributed by atoms with E-state index in [2.05, 4.69) is 5.32 Å². The zero-order valence-corrected chi connectivity index (χ0v) is 15.6. The predicted octanol–water partition coefficient (Wildman–Crippen LogP) is 0.462. The maximum atomic E-state index is 12.4. The molecule has 2 unspecified atom stereocenters. The molecule has 1 fully saturated rings. The minimum absolute atomic E-state index is 0.0386. The molecule has 8 nitrogen and oxygen atoms in total. The Balaban J connectivity index is 1.64. The van der Waals surface area contributed by atoms with Gasteiger partial charge in [-0.25, -0.2) is 4.79 Å². The number of nitrogens with zero attached hydrogens (tertiary/aromatic N) is 1. The van der Waals surface area contributed by atoms with Crippen LogP contribution in [0.1, 0.15) is 18.5 Å². The Bertz CT molecular complexity index is 782. The van der Waals surface area contributed by atoms with Gasteiger partial charge in [-0.15, -0.1) is 11.8 Å². The van der Waals surface area contributed by atoms with Crippen molar-refractivity contribution < 1.29 is 24.2 Å². The lowest BCUT2D eigenvalue weighted by Crippen LogP contribution is -2.67. The SMILES string of the molecule is CC(=O)OCC1=C(C(=O)O)N2CC(NC(=O)[C@H](N)c3ccccc3)C2SC1. The Labute approximate surface area is 160 Å². The van der Waals surface area contributed by atoms with Crippen molar-refractivity contribution in [3.05, 3.63) is 47.2 Å². The van der Waals surface area contributed by atoms with Gasteiger partial charge in [-0.05, 0) is 5.56 Å². The van der Waals surface area contributed by atoms with Crippen LogP contribution in [0.3, 0.4) is 0 Å². The highest BCUT2D eigenvalue weighted by Gasteiger charge is 2.47. The molecule has 0 spiro atoms. The molecular formula is C18H21N3O5S. The number of benzene rings is 1. The molecular weight excluding hydrogens is 370 g/mol. The Morgan fingerprint density at radius 3 is 2.70 bits per heavy atom. The minimum atomic E-state index is -1.06. The highest BCUT2D eigenvalue weighted by atomic mass is 32.2. The summed E-state index contributed by atoms with van der Waals surface area (Å²) < 4.78 is 4.95. The van der Waals surface area contributed by atoms with E-state index in [0.29, 0.717) is 17.9 Å². The molecule has 9 heteroatoms. The van der Waals surface area contributed by atoms with Crippen molar-refractivity contribution in [1.29, 1.82) is 0 Å². The lowest BCUT2D eigenvalue weighted by Gasteiger charge is -2.52. The van der Waals surface area contributed by atoms with Crippen LogP contribution in [0.5, 0.6) is 0 Å². The van der Waals surface area contributed by atoms with Crippen molar-refractivity contribution in [3.63, 3.8) is 0 Å². The van der Waals surface area contributed by atoms with E-state index in [1.165, 1.54) is 18.7 Å². The fraction of sp³-hybridized carbons (Fsp3) is 0.389. The Morgan fingerprint density at radius 2 is 2.07 bits per heavy atom. The second-order valence-electron chi connectivity index (χ2n) is 6.39. The quantitative estimate of drug-likeness (QED) is 0.598. The first kappa shape index (κ1) is 19.2. The van der Waals surface area contributed by atoms with Gasteiger partial charge in [0.05, 0.1) is 11.4 Å². The maximum Gasteiger partial charge on any atom is 0.352 e. The fourth-order valence-electron chi connectivity index (χ4n) is 3.14. The topological polar surface area (TPSA) is 122 Å². The number of hydrogen-bond donors (Lipinski definition) is 3. The Morgan fingerprint density at radius 1 is 1.37 bits per heavy atom. The summed E-state index contributed by atoms with van der Waals surface area (Å²) in [7, 11) is 0. The highest BCUT2D eigenvalue weighted by molar-refractivity contribution is 8.00. The molecule has 2 aliphatic heterocycles. The van der Waals surface area contributed by atoms with Gasteiger partial charge in [0.25, 0.3) is 0 Å². The van der Waals surface area contributed by atoms with E-state index in [0.717, 1.165) is 5.56 Å². The number of thioether (sulfide) groups is 1. The van der Waals surface area contributed by atoms with Crippen LogP contribution in [0.25, 0.3) is 0 Å². The largest absolute Gasteiger partial charge is 0.477 e. The van der Waals surface area contributed by atoms with Gasteiger partial charge in [-0.3, -0.25) is 9.59 Å². The summed E-state index contributed by atoms with van der Waals surface area (Å²) in [5.41, 5.74) is 7.45. The first-order chi connectivity index (χ1) is 12.9. The van der Waals surface area contributed by atoms with Gasteiger partial charge < -0.3 is 25.8 Å². The average molecular weight is 391 g/mol. The van der Waals surface area contributed by atoms with Crippen LogP contribution in [-0.2, 0) is 19.1 Å². The molecule has 0 bridgehead atoms. The molecule has 27 heavy (non-hydrogen) atoms. The number of esters is 1. The van der Waals surface area contributed by atoms with E-state index in [-0.39, 0.29) is 29.6 Å². The van der Waals surface area contributed by atoms with Gasteiger partial charge in [-0.1, -0.05) is 30.3 Å². The van der Waals surface area contributed by atoms with Gasteiger partial charge in [0.2, 0.25) is 5.91 Å². The van der Waals surface area contributed by atoms with Crippen LogP contribution >= 0.6 is 11.8 Å². The number of amides is 1. The van der Waals surface area contributed by atoms with Crippen LogP contribution in [-0.4, -0.2) is 58.2 Å². The number of carbonyl (C=O) groups is 3. The first-order valence-corrected chi connectivity index (χ1v) is 9.51. The van der Waals surface area contributed by atoms with E-state index < -0.39 is 18.0 Å². The van der Waals surface area contributed by atoms with Gasteiger partial charge in [0.1, 0.15) is 18.3 Å². The van der Waals surface area contributed by atoms with Crippen molar-refractivity contribution in [2.45, 2.75) is 24.4 Å². The summed E-state index contributed by atoms with van der Waals surface area (Å²) in [6.45, 7) is 1.62. The monoisotopic (exact) mass is 391 g/mol. The Kier molecular flexibility index (Phi) is 5.71. The summed E-state index contributed by atoms with van der Waals surface area (Å²) in [4.78, 5) is 36.8. The summed E-state index contributed by atoms with van der Waals surface area (Å²) in [6.07, 6.45) is 0. The number of nitrogens with one attached hydrogen (secondary N) is 1. The number of rotatable bonds is 6. The molecule has 1 amide bonds. The lowest BCUT2D eigenvalue weighted by atomic mass is 10.0. The molecule has 0 saturated carbocycles. The smallest absolute Gasteiger partial charge is 0.352 e.